The van der Waals surface area contributed by atoms with Gasteiger partial charge in [0.1, 0.15) is 0 Å². The molecular formula is C16H18N2O6. The molecule has 2 atom stereocenters. The SMILES string of the molecule is CCOC(=O)N1C2CCC1c1cc(C(=O)OC)cc([N+](=O)[O-])c1C2. The molecule has 2 aliphatic rings. The Morgan fingerprint density at radius 2 is 2.12 bits per heavy atom. The van der Waals surface area contributed by atoms with Gasteiger partial charge in [0, 0.05) is 24.1 Å². The Hall–Kier alpha value is -2.64. The normalized spacial score (nSPS) is 21.2. The first-order valence-electron chi connectivity index (χ1n) is 7.82. The first-order chi connectivity index (χ1) is 11.5. The maximum atomic E-state index is 12.2. The number of nitrogens with zero attached hydrogens (tertiary/aromatic N) is 2. The second-order valence-corrected chi connectivity index (χ2v) is 5.87. The smallest absolute Gasteiger partial charge is 0.410 e. The summed E-state index contributed by atoms with van der Waals surface area (Å²) in [5, 5.41) is 11.4. The molecule has 8 nitrogen and oxygen atoms in total. The van der Waals surface area contributed by atoms with Crippen molar-refractivity contribution in [1.29, 1.82) is 0 Å². The van der Waals surface area contributed by atoms with Gasteiger partial charge in [-0.3, -0.25) is 15.0 Å². The molecule has 0 saturated carbocycles. The summed E-state index contributed by atoms with van der Waals surface area (Å²) in [6.07, 6.45) is 1.42. The van der Waals surface area contributed by atoms with Gasteiger partial charge in [0.15, 0.2) is 0 Å². The van der Waals surface area contributed by atoms with Crippen LogP contribution in [0.1, 0.15) is 47.3 Å². The molecular weight excluding hydrogens is 316 g/mol. The molecule has 2 aliphatic heterocycles. The Morgan fingerprint density at radius 3 is 2.75 bits per heavy atom. The molecule has 1 aromatic rings. The molecule has 0 spiro atoms. The van der Waals surface area contributed by atoms with Crippen LogP contribution in [0.2, 0.25) is 0 Å². The third-order valence-electron chi connectivity index (χ3n) is 4.66. The predicted molar refractivity (Wildman–Crippen MR) is 82.8 cm³/mol. The Kier molecular flexibility index (Phi) is 4.13. The Labute approximate surface area is 138 Å². The zero-order chi connectivity index (χ0) is 17.4. The number of fused-ring (bicyclic) bond motifs is 4. The highest BCUT2D eigenvalue weighted by Crippen LogP contribution is 2.47. The third kappa shape index (κ3) is 2.47. The van der Waals surface area contributed by atoms with Gasteiger partial charge in [0.2, 0.25) is 0 Å². The summed E-state index contributed by atoms with van der Waals surface area (Å²) in [6, 6.07) is 2.45. The van der Waals surface area contributed by atoms with Crippen LogP contribution in [0, 0.1) is 10.1 Å². The highest BCUT2D eigenvalue weighted by Gasteiger charge is 2.46. The first-order valence-corrected chi connectivity index (χ1v) is 7.82. The van der Waals surface area contributed by atoms with Crippen molar-refractivity contribution in [2.75, 3.05) is 13.7 Å². The number of nitro groups is 1. The number of hydrogen-bond acceptors (Lipinski definition) is 6. The molecule has 1 amide bonds. The van der Waals surface area contributed by atoms with Crippen molar-refractivity contribution in [3.8, 4) is 0 Å². The van der Waals surface area contributed by atoms with Crippen LogP contribution < -0.4 is 0 Å². The van der Waals surface area contributed by atoms with E-state index in [-0.39, 0.29) is 29.9 Å². The van der Waals surface area contributed by atoms with E-state index in [2.05, 4.69) is 4.74 Å². The van der Waals surface area contributed by atoms with Crippen LogP contribution in [0.4, 0.5) is 10.5 Å². The Morgan fingerprint density at radius 1 is 1.38 bits per heavy atom. The lowest BCUT2D eigenvalue weighted by molar-refractivity contribution is -0.385. The average molecular weight is 334 g/mol. The standard InChI is InChI=1S/C16H18N2O6/c1-3-24-16(20)17-10-4-5-13(17)11-6-9(15(19)23-2)7-14(18(21)22)12(11)8-10/h6-7,10,13H,3-5,8H2,1-2H3. The van der Waals surface area contributed by atoms with Crippen molar-refractivity contribution in [2.24, 2.45) is 0 Å². The van der Waals surface area contributed by atoms with E-state index < -0.39 is 17.0 Å². The number of carbonyl (C=O) groups excluding carboxylic acids is 2. The predicted octanol–water partition coefficient (Wildman–Crippen LogP) is 2.60. The van der Waals surface area contributed by atoms with E-state index >= 15 is 0 Å². The minimum absolute atomic E-state index is 0.0895. The minimum Gasteiger partial charge on any atom is -0.465 e. The van der Waals surface area contributed by atoms with Crippen LogP contribution >= 0.6 is 0 Å². The number of benzene rings is 1. The molecule has 0 aromatic heterocycles. The van der Waals surface area contributed by atoms with Gasteiger partial charge < -0.3 is 9.47 Å². The number of ether oxygens (including phenoxy) is 2. The molecule has 2 unspecified atom stereocenters. The average Bonchev–Trinajstić information content (AvgIpc) is 2.89. The lowest BCUT2D eigenvalue weighted by atomic mass is 9.90. The highest BCUT2D eigenvalue weighted by molar-refractivity contribution is 5.91. The van der Waals surface area contributed by atoms with Crippen LogP contribution in [0.3, 0.4) is 0 Å². The number of nitro benzene ring substituents is 1. The van der Waals surface area contributed by atoms with Gasteiger partial charge in [0.25, 0.3) is 5.69 Å². The van der Waals surface area contributed by atoms with E-state index in [4.69, 9.17) is 4.74 Å². The Bertz CT molecular complexity index is 717. The van der Waals surface area contributed by atoms with Crippen LogP contribution in [0.25, 0.3) is 0 Å². The number of esters is 1. The molecule has 1 fully saturated rings. The van der Waals surface area contributed by atoms with Gasteiger partial charge in [-0.25, -0.2) is 9.59 Å². The largest absolute Gasteiger partial charge is 0.465 e. The molecule has 8 heteroatoms. The summed E-state index contributed by atoms with van der Waals surface area (Å²) >= 11 is 0. The molecule has 0 radical (unpaired) electrons. The van der Waals surface area contributed by atoms with Gasteiger partial charge in [0.05, 0.1) is 30.2 Å². The van der Waals surface area contributed by atoms with Gasteiger partial charge >= 0.3 is 12.1 Å². The van der Waals surface area contributed by atoms with Gasteiger partial charge in [-0.15, -0.1) is 0 Å². The molecule has 2 bridgehead atoms. The van der Waals surface area contributed by atoms with Crippen LogP contribution in [-0.2, 0) is 15.9 Å². The molecule has 1 saturated heterocycles. The number of amides is 1. The maximum Gasteiger partial charge on any atom is 0.410 e. The van der Waals surface area contributed by atoms with E-state index in [1.165, 1.54) is 13.2 Å². The second-order valence-electron chi connectivity index (χ2n) is 5.87. The van der Waals surface area contributed by atoms with Crippen molar-refractivity contribution in [3.63, 3.8) is 0 Å². The van der Waals surface area contributed by atoms with Crippen LogP contribution in [0.15, 0.2) is 12.1 Å². The topological polar surface area (TPSA) is 99.0 Å². The monoisotopic (exact) mass is 334 g/mol. The van der Waals surface area contributed by atoms with E-state index in [0.717, 1.165) is 6.42 Å². The van der Waals surface area contributed by atoms with Crippen molar-refractivity contribution < 1.29 is 24.0 Å². The number of rotatable bonds is 3. The summed E-state index contributed by atoms with van der Waals surface area (Å²) in [6.45, 7) is 2.00. The quantitative estimate of drug-likeness (QED) is 0.478. The third-order valence-corrected chi connectivity index (χ3v) is 4.66. The van der Waals surface area contributed by atoms with E-state index in [9.17, 15) is 19.7 Å². The maximum absolute atomic E-state index is 12.2. The van der Waals surface area contributed by atoms with E-state index in [0.29, 0.717) is 24.0 Å². The molecule has 0 aliphatic carbocycles. The number of carbonyl (C=O) groups is 2. The summed E-state index contributed by atoms with van der Waals surface area (Å²) in [4.78, 5) is 36.7. The summed E-state index contributed by atoms with van der Waals surface area (Å²) in [5.74, 6) is -0.635. The van der Waals surface area contributed by atoms with Crippen molar-refractivity contribution in [1.82, 2.24) is 4.90 Å². The van der Waals surface area contributed by atoms with Crippen molar-refractivity contribution in [3.05, 3.63) is 38.9 Å². The van der Waals surface area contributed by atoms with Gasteiger partial charge in [-0.05, 0) is 31.4 Å². The molecule has 24 heavy (non-hydrogen) atoms. The lowest BCUT2D eigenvalue weighted by Crippen LogP contribution is -2.42. The zero-order valence-electron chi connectivity index (χ0n) is 13.5. The van der Waals surface area contributed by atoms with Crippen LogP contribution in [-0.4, -0.2) is 41.6 Å². The van der Waals surface area contributed by atoms with Crippen molar-refractivity contribution >= 4 is 17.7 Å². The summed E-state index contributed by atoms with van der Waals surface area (Å²) < 4.78 is 9.80. The Balaban J connectivity index is 2.10. The first kappa shape index (κ1) is 16.2. The van der Waals surface area contributed by atoms with E-state index in [1.807, 2.05) is 0 Å². The number of methoxy groups -OCH3 is 1. The van der Waals surface area contributed by atoms with Crippen molar-refractivity contribution in [2.45, 2.75) is 38.3 Å². The number of hydrogen-bond donors (Lipinski definition) is 0. The molecule has 3 rings (SSSR count). The zero-order valence-corrected chi connectivity index (χ0v) is 13.5. The van der Waals surface area contributed by atoms with Gasteiger partial charge in [-0.1, -0.05) is 0 Å². The lowest BCUT2D eigenvalue weighted by Gasteiger charge is -2.35. The second kappa shape index (κ2) is 6.10. The minimum atomic E-state index is -0.635. The fourth-order valence-corrected chi connectivity index (χ4v) is 3.70. The highest BCUT2D eigenvalue weighted by atomic mass is 16.6. The molecule has 2 heterocycles. The molecule has 0 N–H and O–H groups in total. The molecule has 1 aromatic carbocycles. The summed E-state index contributed by atoms with van der Waals surface area (Å²) in [5.41, 5.74) is 1.28. The van der Waals surface area contributed by atoms with E-state index in [1.54, 1.807) is 17.9 Å². The fraction of sp³-hybridized carbons (Fsp3) is 0.500. The summed E-state index contributed by atoms with van der Waals surface area (Å²) in [7, 11) is 1.23. The fourth-order valence-electron chi connectivity index (χ4n) is 3.70. The molecule has 128 valence electrons. The van der Waals surface area contributed by atoms with Gasteiger partial charge in [-0.2, -0.15) is 0 Å². The van der Waals surface area contributed by atoms with Crippen LogP contribution in [0.5, 0.6) is 0 Å².